The average Bonchev–Trinajstić information content (AvgIpc) is 3.10. The molecule has 0 unspecified atom stereocenters. The van der Waals surface area contributed by atoms with Gasteiger partial charge in [0, 0.05) is 38.7 Å². The second-order valence-electron chi connectivity index (χ2n) is 13.4. The number of benzene rings is 2. The number of nitrogens with two attached hydrogens (primary N) is 1. The van der Waals surface area contributed by atoms with Crippen molar-refractivity contribution in [3.8, 4) is 0 Å². The molecule has 12 nitrogen and oxygen atoms in total. The predicted molar refractivity (Wildman–Crippen MR) is 216 cm³/mol. The van der Waals surface area contributed by atoms with E-state index in [9.17, 15) is 24.0 Å². The summed E-state index contributed by atoms with van der Waals surface area (Å²) in [7, 11) is 1.58. The monoisotopic (exact) mass is 762 g/mol. The number of rotatable bonds is 22. The molecule has 0 spiro atoms. The maximum absolute atomic E-state index is 12.7. The fraction of sp³-hybridized carbons (Fsp3) is 0.595. The van der Waals surface area contributed by atoms with Crippen LogP contribution >= 0.6 is 0 Å². The van der Waals surface area contributed by atoms with Crippen molar-refractivity contribution in [3.63, 3.8) is 0 Å². The highest BCUT2D eigenvalue weighted by molar-refractivity contribution is 5.93. The van der Waals surface area contributed by atoms with E-state index in [2.05, 4.69) is 10.6 Å². The molecule has 2 rings (SSSR count). The van der Waals surface area contributed by atoms with Crippen molar-refractivity contribution in [1.82, 2.24) is 10.6 Å². The Labute approximate surface area is 325 Å². The zero-order chi connectivity index (χ0) is 38.5. The largest absolute Gasteiger partial charge is 0.392 e. The van der Waals surface area contributed by atoms with Crippen molar-refractivity contribution in [2.75, 3.05) is 26.9 Å². The lowest BCUT2D eigenvalue weighted by atomic mass is 9.88. The Bertz CT molecular complexity index is 1360. The summed E-state index contributed by atoms with van der Waals surface area (Å²) in [5.74, 6) is -1.30. The van der Waals surface area contributed by atoms with E-state index in [1.807, 2.05) is 27.7 Å². The Kier molecular flexibility index (Phi) is 29.8. The van der Waals surface area contributed by atoms with E-state index in [4.69, 9.17) is 25.4 Å². The van der Waals surface area contributed by atoms with Crippen LogP contribution in [0, 0.1) is 17.8 Å². The van der Waals surface area contributed by atoms with Crippen molar-refractivity contribution in [2.24, 2.45) is 23.5 Å². The van der Waals surface area contributed by atoms with E-state index in [1.54, 1.807) is 69.5 Å². The number of aliphatic hydroxyl groups excluding tert-OH is 2. The van der Waals surface area contributed by atoms with Crippen LogP contribution in [0.1, 0.15) is 98.9 Å². The van der Waals surface area contributed by atoms with E-state index in [0.29, 0.717) is 19.8 Å². The fourth-order valence-corrected chi connectivity index (χ4v) is 4.74. The van der Waals surface area contributed by atoms with E-state index in [-0.39, 0.29) is 102 Å². The van der Waals surface area contributed by atoms with Crippen LogP contribution in [-0.4, -0.2) is 84.4 Å². The van der Waals surface area contributed by atoms with E-state index in [1.165, 1.54) is 0 Å². The third kappa shape index (κ3) is 21.2. The Hall–Kier alpha value is -3.81. The fourth-order valence-electron chi connectivity index (χ4n) is 4.74. The first-order chi connectivity index (χ1) is 24.1. The van der Waals surface area contributed by atoms with Crippen LogP contribution in [-0.2, 0) is 59.5 Å². The number of carbonyl (C=O) groups excluding carboxylic acids is 5. The molecule has 4 atom stereocenters. The Morgan fingerprint density at radius 1 is 0.630 bits per heavy atom. The summed E-state index contributed by atoms with van der Waals surface area (Å²) >= 11 is 0. The van der Waals surface area contributed by atoms with Gasteiger partial charge in [0.25, 0.3) is 0 Å². The van der Waals surface area contributed by atoms with Gasteiger partial charge >= 0.3 is 0 Å². The first-order valence-electron chi connectivity index (χ1n) is 17.5. The van der Waals surface area contributed by atoms with Crippen LogP contribution in [0.25, 0.3) is 0 Å². The molecule has 308 valence electrons. The molecule has 0 bridgehead atoms. The van der Waals surface area contributed by atoms with Gasteiger partial charge in [-0.3, -0.25) is 24.0 Å². The molecule has 0 aliphatic rings. The second kappa shape index (κ2) is 29.5. The van der Waals surface area contributed by atoms with Gasteiger partial charge in [0.05, 0.1) is 51.2 Å². The number of carbonyl (C=O) groups is 5. The number of amides is 2. The molecule has 0 heterocycles. The molecular weight excluding hydrogens is 690 g/mol. The maximum atomic E-state index is 12.7. The summed E-state index contributed by atoms with van der Waals surface area (Å²) in [6.45, 7) is 12.0. The van der Waals surface area contributed by atoms with Crippen molar-refractivity contribution in [2.45, 2.75) is 121 Å². The minimum Gasteiger partial charge on any atom is -0.392 e. The molecule has 0 aliphatic carbocycles. The highest BCUT2D eigenvalue weighted by Gasteiger charge is 2.27. The third-order valence-corrected chi connectivity index (χ3v) is 8.42. The lowest BCUT2D eigenvalue weighted by Crippen LogP contribution is -2.49. The summed E-state index contributed by atoms with van der Waals surface area (Å²) in [4.78, 5) is 61.3. The van der Waals surface area contributed by atoms with Crippen molar-refractivity contribution < 1.29 is 43.7 Å². The van der Waals surface area contributed by atoms with Crippen molar-refractivity contribution >= 4 is 29.2 Å². The molecule has 6 N–H and O–H groups in total. The molecule has 0 saturated heterocycles. The van der Waals surface area contributed by atoms with E-state index >= 15 is 0 Å². The number of Topliss-reactive ketones (excluding diaryl/α,β-unsaturated/α-hetero) is 3. The number of nitrogens with one attached hydrogen (secondary N) is 2. The van der Waals surface area contributed by atoms with Gasteiger partial charge in [-0.25, -0.2) is 0 Å². The van der Waals surface area contributed by atoms with Crippen LogP contribution in [0.5, 0.6) is 0 Å². The number of hydrogen-bond acceptors (Lipinski definition) is 10. The summed E-state index contributed by atoms with van der Waals surface area (Å²) in [5, 5.41) is 23.5. The predicted octanol–water partition coefficient (Wildman–Crippen LogP) is 4.77. The number of ketones is 3. The van der Waals surface area contributed by atoms with Gasteiger partial charge in [-0.05, 0) is 47.9 Å². The third-order valence-electron chi connectivity index (χ3n) is 8.42. The average molecular weight is 762 g/mol. The van der Waals surface area contributed by atoms with Gasteiger partial charge in [0.1, 0.15) is 5.78 Å². The Morgan fingerprint density at radius 3 is 1.41 bits per heavy atom. The summed E-state index contributed by atoms with van der Waals surface area (Å²) in [6.07, 6.45) is 0.806. The van der Waals surface area contributed by atoms with Crippen LogP contribution in [0.15, 0.2) is 48.5 Å². The van der Waals surface area contributed by atoms with Crippen molar-refractivity contribution in [1.29, 1.82) is 0 Å². The van der Waals surface area contributed by atoms with Crippen LogP contribution in [0.4, 0.5) is 0 Å². The molecule has 0 aliphatic heterocycles. The van der Waals surface area contributed by atoms with Gasteiger partial charge in [-0.2, -0.15) is 0 Å². The number of methoxy groups -OCH3 is 1. The minimum atomic E-state index is -0.649. The first kappa shape index (κ1) is 54.5. The van der Waals surface area contributed by atoms with E-state index in [0.717, 1.165) is 22.3 Å². The highest BCUT2D eigenvalue weighted by atomic mass is 16.5. The van der Waals surface area contributed by atoms with E-state index < -0.39 is 24.0 Å². The molecule has 2 aromatic carbocycles. The molecule has 12 heteroatoms. The number of aliphatic hydroxyl groups is 2. The zero-order valence-corrected chi connectivity index (χ0v) is 31.3. The molecule has 0 fully saturated rings. The smallest absolute Gasteiger partial charge is 0.237 e. The normalized spacial score (nSPS) is 12.7. The zero-order valence-electron chi connectivity index (χ0n) is 31.3. The summed E-state index contributed by atoms with van der Waals surface area (Å²) in [5.41, 5.74) is 9.00. The molecule has 0 aromatic heterocycles. The standard InChI is InChI=1S/C23H35NO6.C16H24N2O3.3CH4/c1-16(2)21(14-20(26)9-10-30-12-11-29-4)23(28)24-17(3)22(27)13-18-5-7-19(15-25)8-6-18;1-10(2)15(17)16(21)18-11(3)14(20)8-12-4-6-13(9-19)7-5-12;;;/h5-8,16-17,21,25H,9-15H2,1-4H3,(H,24,28);4-7,10-11,15,19H,8-9,17H2,1-3H3,(H,18,21);3*1H4/t17-,21-;11-,15-;;;/m00.../s1. The Balaban J connectivity index is -0.000000962. The maximum Gasteiger partial charge on any atom is 0.237 e. The van der Waals surface area contributed by atoms with Crippen LogP contribution in [0.3, 0.4) is 0 Å². The molecular formula is C42H71N3O9. The Morgan fingerprint density at radius 2 is 1.04 bits per heavy atom. The number of hydrogen-bond donors (Lipinski definition) is 5. The topological polar surface area (TPSA) is 194 Å². The highest BCUT2D eigenvalue weighted by Crippen LogP contribution is 2.18. The molecule has 2 aromatic rings. The van der Waals surface area contributed by atoms with Gasteiger partial charge in [-0.15, -0.1) is 0 Å². The lowest BCUT2D eigenvalue weighted by molar-refractivity contribution is -0.133. The van der Waals surface area contributed by atoms with Crippen LogP contribution < -0.4 is 16.4 Å². The summed E-state index contributed by atoms with van der Waals surface area (Å²) in [6, 6.07) is 12.5. The molecule has 2 amide bonds. The quantitative estimate of drug-likeness (QED) is 0.104. The minimum absolute atomic E-state index is 0. The molecule has 0 radical (unpaired) electrons. The van der Waals surface area contributed by atoms with Crippen molar-refractivity contribution in [3.05, 3.63) is 70.8 Å². The lowest BCUT2D eigenvalue weighted by Gasteiger charge is -2.22. The molecule has 54 heavy (non-hydrogen) atoms. The second-order valence-corrected chi connectivity index (χ2v) is 13.4. The SMILES string of the molecule is C.C.C.CC(C)[C@H](N)C(=O)N[C@@H](C)C(=O)Cc1ccc(CO)cc1.COCCOCCC(=O)C[C@H](C(=O)N[C@@H](C)C(=O)Cc1ccc(CO)cc1)C(C)C. The van der Waals surface area contributed by atoms with Gasteiger partial charge in [0.2, 0.25) is 11.8 Å². The van der Waals surface area contributed by atoms with Gasteiger partial charge in [-0.1, -0.05) is 98.5 Å². The van der Waals surface area contributed by atoms with Gasteiger partial charge in [0.15, 0.2) is 11.6 Å². The first-order valence-corrected chi connectivity index (χ1v) is 17.5. The number of ether oxygens (including phenoxy) is 2. The van der Waals surface area contributed by atoms with Gasteiger partial charge < -0.3 is 36.1 Å². The van der Waals surface area contributed by atoms with Crippen LogP contribution in [0.2, 0.25) is 0 Å². The summed E-state index contributed by atoms with van der Waals surface area (Å²) < 4.78 is 10.2. The molecule has 0 saturated carbocycles.